The van der Waals surface area contributed by atoms with Crippen LogP contribution in [0.4, 0.5) is 5.69 Å². The molecule has 0 unspecified atom stereocenters. The molecule has 1 aromatic heterocycles. The Hall–Kier alpha value is -3.50. The van der Waals surface area contributed by atoms with E-state index in [1.807, 2.05) is 18.2 Å². The largest absolute Gasteiger partial charge is 0.504 e. The van der Waals surface area contributed by atoms with Crippen LogP contribution < -0.4 is 15.1 Å². The zero-order valence-corrected chi connectivity index (χ0v) is 18.2. The van der Waals surface area contributed by atoms with E-state index in [0.717, 1.165) is 51.3 Å². The summed E-state index contributed by atoms with van der Waals surface area (Å²) in [6, 6.07) is 12.9. The van der Waals surface area contributed by atoms with E-state index < -0.39 is 0 Å². The van der Waals surface area contributed by atoms with E-state index >= 15 is 0 Å². The van der Waals surface area contributed by atoms with Gasteiger partial charge in [0.15, 0.2) is 16.9 Å². The first kappa shape index (κ1) is 21.7. The molecule has 0 atom stereocenters. The first-order valence-corrected chi connectivity index (χ1v) is 10.9. The van der Waals surface area contributed by atoms with E-state index in [1.165, 1.54) is 25.5 Å². The van der Waals surface area contributed by atoms with Gasteiger partial charge in [-0.2, -0.15) is 5.26 Å². The molecule has 3 aromatic rings. The van der Waals surface area contributed by atoms with Crippen LogP contribution in [0.25, 0.3) is 11.0 Å². The van der Waals surface area contributed by atoms with Gasteiger partial charge in [-0.1, -0.05) is 6.07 Å². The molecule has 0 amide bonds. The SMILES string of the molecule is COc1cc2c(=O)c(CCCCN3CCN(c4cccc(C#N)c4)CC3)coc2cc1O. The molecular formula is C25H27N3O4. The first-order valence-electron chi connectivity index (χ1n) is 10.9. The summed E-state index contributed by atoms with van der Waals surface area (Å²) in [5.41, 5.74) is 2.73. The monoisotopic (exact) mass is 433 g/mol. The molecule has 1 N–H and O–H groups in total. The highest BCUT2D eigenvalue weighted by Gasteiger charge is 2.17. The number of fused-ring (bicyclic) bond motifs is 1. The summed E-state index contributed by atoms with van der Waals surface area (Å²) in [7, 11) is 1.45. The van der Waals surface area contributed by atoms with Gasteiger partial charge in [0.1, 0.15) is 5.58 Å². The minimum atomic E-state index is -0.0715. The van der Waals surface area contributed by atoms with E-state index in [2.05, 4.69) is 21.9 Å². The molecule has 2 heterocycles. The van der Waals surface area contributed by atoms with Crippen LogP contribution in [0.3, 0.4) is 0 Å². The third-order valence-electron chi connectivity index (χ3n) is 6.03. The van der Waals surface area contributed by atoms with Crippen molar-refractivity contribution in [2.24, 2.45) is 0 Å². The molecule has 0 saturated carbocycles. The number of aryl methyl sites for hydroxylation is 1. The van der Waals surface area contributed by atoms with Crippen molar-refractivity contribution in [3.63, 3.8) is 0 Å². The lowest BCUT2D eigenvalue weighted by atomic mass is 10.1. The van der Waals surface area contributed by atoms with Gasteiger partial charge in [0.05, 0.1) is 30.4 Å². The second-order valence-electron chi connectivity index (χ2n) is 8.06. The van der Waals surface area contributed by atoms with E-state index in [0.29, 0.717) is 28.5 Å². The van der Waals surface area contributed by atoms with Gasteiger partial charge in [-0.3, -0.25) is 9.69 Å². The van der Waals surface area contributed by atoms with Crippen molar-refractivity contribution >= 4 is 16.7 Å². The molecule has 32 heavy (non-hydrogen) atoms. The summed E-state index contributed by atoms with van der Waals surface area (Å²) in [6.45, 7) is 4.85. The summed E-state index contributed by atoms with van der Waals surface area (Å²) >= 11 is 0. The van der Waals surface area contributed by atoms with Crippen molar-refractivity contribution in [2.45, 2.75) is 19.3 Å². The molecule has 7 heteroatoms. The molecule has 0 aliphatic carbocycles. The molecule has 166 valence electrons. The second-order valence-corrected chi connectivity index (χ2v) is 8.06. The van der Waals surface area contributed by atoms with Gasteiger partial charge in [0, 0.05) is 43.5 Å². The van der Waals surface area contributed by atoms with Crippen LogP contribution in [0.15, 0.2) is 51.9 Å². The molecule has 1 saturated heterocycles. The van der Waals surface area contributed by atoms with Gasteiger partial charge in [-0.05, 0) is 50.1 Å². The highest BCUT2D eigenvalue weighted by atomic mass is 16.5. The summed E-state index contributed by atoms with van der Waals surface area (Å²) < 4.78 is 10.7. The van der Waals surface area contributed by atoms with Crippen molar-refractivity contribution in [3.05, 3.63) is 64.0 Å². The Morgan fingerprint density at radius 3 is 2.72 bits per heavy atom. The fraction of sp³-hybridized carbons (Fsp3) is 0.360. The van der Waals surface area contributed by atoms with Gasteiger partial charge in [-0.15, -0.1) is 0 Å². The number of phenolic OH excluding ortho intramolecular Hbond substituents is 1. The fourth-order valence-electron chi connectivity index (χ4n) is 4.17. The number of anilines is 1. The number of aromatic hydroxyl groups is 1. The summed E-state index contributed by atoms with van der Waals surface area (Å²) in [4.78, 5) is 17.6. The average molecular weight is 434 g/mol. The van der Waals surface area contributed by atoms with Crippen molar-refractivity contribution in [1.29, 1.82) is 5.26 Å². The molecule has 7 nitrogen and oxygen atoms in total. The van der Waals surface area contributed by atoms with Gasteiger partial charge in [0.2, 0.25) is 0 Å². The van der Waals surface area contributed by atoms with Crippen LogP contribution in [0, 0.1) is 11.3 Å². The van der Waals surface area contributed by atoms with Crippen LogP contribution in [0.2, 0.25) is 0 Å². The van der Waals surface area contributed by atoms with Gasteiger partial charge >= 0.3 is 0 Å². The first-order chi connectivity index (χ1) is 15.6. The molecular weight excluding hydrogens is 406 g/mol. The minimum absolute atomic E-state index is 0.0474. The number of methoxy groups -OCH3 is 1. The molecule has 0 bridgehead atoms. The molecule has 1 fully saturated rings. The van der Waals surface area contributed by atoms with Gasteiger partial charge in [-0.25, -0.2) is 0 Å². The molecule has 4 rings (SSSR count). The number of benzene rings is 2. The van der Waals surface area contributed by atoms with E-state index in [9.17, 15) is 9.90 Å². The zero-order valence-electron chi connectivity index (χ0n) is 18.2. The summed E-state index contributed by atoms with van der Waals surface area (Å²) in [6.07, 6.45) is 4.06. The maximum Gasteiger partial charge on any atom is 0.195 e. The van der Waals surface area contributed by atoms with Gasteiger partial charge < -0.3 is 19.2 Å². The van der Waals surface area contributed by atoms with Crippen LogP contribution in [-0.4, -0.2) is 49.8 Å². The highest BCUT2D eigenvalue weighted by Crippen LogP contribution is 2.30. The van der Waals surface area contributed by atoms with E-state index in [1.54, 1.807) is 0 Å². The fourth-order valence-corrected chi connectivity index (χ4v) is 4.17. The lowest BCUT2D eigenvalue weighted by Crippen LogP contribution is -2.46. The third-order valence-corrected chi connectivity index (χ3v) is 6.03. The predicted octanol–water partition coefficient (Wildman–Crippen LogP) is 3.52. The van der Waals surface area contributed by atoms with Crippen LogP contribution in [0.1, 0.15) is 24.0 Å². The lowest BCUT2D eigenvalue weighted by molar-refractivity contribution is 0.253. The topological polar surface area (TPSA) is 89.9 Å². The maximum absolute atomic E-state index is 12.8. The zero-order chi connectivity index (χ0) is 22.5. The van der Waals surface area contributed by atoms with Crippen LogP contribution >= 0.6 is 0 Å². The smallest absolute Gasteiger partial charge is 0.195 e. The second kappa shape index (κ2) is 9.75. The van der Waals surface area contributed by atoms with Crippen LogP contribution in [-0.2, 0) is 6.42 Å². The number of rotatable bonds is 7. The lowest BCUT2D eigenvalue weighted by Gasteiger charge is -2.36. The van der Waals surface area contributed by atoms with E-state index in [4.69, 9.17) is 14.4 Å². The Kier molecular flexibility index (Phi) is 6.62. The molecule has 1 aliphatic rings. The number of nitriles is 1. The molecule has 0 radical (unpaired) electrons. The summed E-state index contributed by atoms with van der Waals surface area (Å²) in [5, 5.41) is 19.4. The number of phenols is 1. The Balaban J connectivity index is 1.27. The third kappa shape index (κ3) is 4.71. The Morgan fingerprint density at radius 2 is 1.97 bits per heavy atom. The number of ether oxygens (including phenoxy) is 1. The number of piperazine rings is 1. The molecule has 2 aromatic carbocycles. The highest BCUT2D eigenvalue weighted by molar-refractivity contribution is 5.81. The maximum atomic E-state index is 12.8. The van der Waals surface area contributed by atoms with Crippen molar-refractivity contribution < 1.29 is 14.3 Å². The Morgan fingerprint density at radius 1 is 1.16 bits per heavy atom. The molecule has 0 spiro atoms. The Bertz CT molecular complexity index is 1190. The Labute approximate surface area is 187 Å². The minimum Gasteiger partial charge on any atom is -0.504 e. The van der Waals surface area contributed by atoms with Crippen LogP contribution in [0.5, 0.6) is 11.5 Å². The number of nitrogens with zero attached hydrogens (tertiary/aromatic N) is 3. The van der Waals surface area contributed by atoms with Crippen molar-refractivity contribution in [1.82, 2.24) is 4.90 Å². The standard InChI is InChI=1S/C25H27N3O4/c1-31-24-14-21-23(15-22(24)29)32-17-19(25(21)30)6-2-3-8-27-9-11-28(12-10-27)20-7-4-5-18(13-20)16-26/h4-5,7,13-15,17,29H,2-3,6,8-12H2,1H3. The van der Waals surface area contributed by atoms with Crippen molar-refractivity contribution in [3.8, 4) is 17.6 Å². The normalized spacial score (nSPS) is 14.4. The number of hydrogen-bond acceptors (Lipinski definition) is 7. The molecule has 1 aliphatic heterocycles. The number of hydrogen-bond donors (Lipinski definition) is 1. The predicted molar refractivity (Wildman–Crippen MR) is 123 cm³/mol. The van der Waals surface area contributed by atoms with E-state index in [-0.39, 0.29) is 16.9 Å². The number of unbranched alkanes of at least 4 members (excludes halogenated alkanes) is 1. The average Bonchev–Trinajstić information content (AvgIpc) is 2.83. The van der Waals surface area contributed by atoms with Crippen molar-refractivity contribution in [2.75, 3.05) is 44.7 Å². The summed E-state index contributed by atoms with van der Waals surface area (Å²) in [5.74, 6) is 0.217. The quantitative estimate of drug-likeness (QED) is 0.570. The van der Waals surface area contributed by atoms with Gasteiger partial charge in [0.25, 0.3) is 0 Å².